The van der Waals surface area contributed by atoms with Gasteiger partial charge in [-0.1, -0.05) is 51.8 Å². The molecule has 1 aliphatic rings. The molecule has 1 aromatic carbocycles. The van der Waals surface area contributed by atoms with Gasteiger partial charge in [0.2, 0.25) is 0 Å². The lowest BCUT2D eigenvalue weighted by Crippen LogP contribution is -2.63. The zero-order valence-corrected chi connectivity index (χ0v) is 22.1. The van der Waals surface area contributed by atoms with Crippen LogP contribution in [-0.4, -0.2) is 49.9 Å². The summed E-state index contributed by atoms with van der Waals surface area (Å²) in [6, 6.07) is 8.53. The Morgan fingerprint density at radius 1 is 1.29 bits per heavy atom. The number of aryl methyl sites for hydroxylation is 1. The van der Waals surface area contributed by atoms with Crippen LogP contribution in [-0.2, 0) is 4.74 Å². The Labute approximate surface area is 205 Å². The summed E-state index contributed by atoms with van der Waals surface area (Å²) in [6.45, 7) is 10.1. The first-order valence-electron chi connectivity index (χ1n) is 13.1. The number of rotatable bonds is 11. The Hall–Kier alpha value is -2.05. The van der Waals surface area contributed by atoms with Gasteiger partial charge in [0.05, 0.1) is 0 Å². The molecular weight excluding hydrogens is 426 g/mol. The van der Waals surface area contributed by atoms with Gasteiger partial charge in [-0.2, -0.15) is 0 Å². The summed E-state index contributed by atoms with van der Waals surface area (Å²) < 4.78 is 12.6. The van der Waals surface area contributed by atoms with Crippen molar-refractivity contribution in [2.24, 2.45) is 5.92 Å². The smallest absolute Gasteiger partial charge is 0.319 e. The second-order valence-electron chi connectivity index (χ2n) is 10.3. The van der Waals surface area contributed by atoms with Crippen LogP contribution in [0.4, 0.5) is 4.79 Å². The molecule has 1 fully saturated rings. The first-order chi connectivity index (χ1) is 16.4. The quantitative estimate of drug-likeness (QED) is 0.410. The summed E-state index contributed by atoms with van der Waals surface area (Å²) in [5.74, 6) is 1.44. The minimum absolute atomic E-state index is 0.0215. The molecule has 0 aliphatic carbocycles. The van der Waals surface area contributed by atoms with Crippen molar-refractivity contribution in [1.82, 2.24) is 15.5 Å². The average molecular weight is 472 g/mol. The number of hydrogen-bond acceptors (Lipinski definition) is 4. The highest BCUT2D eigenvalue weighted by molar-refractivity contribution is 5.82. The molecule has 34 heavy (non-hydrogen) atoms. The maximum absolute atomic E-state index is 13.8. The van der Waals surface area contributed by atoms with Gasteiger partial charge >= 0.3 is 6.03 Å². The van der Waals surface area contributed by atoms with E-state index in [-0.39, 0.29) is 18.0 Å². The van der Waals surface area contributed by atoms with Gasteiger partial charge in [0, 0.05) is 43.1 Å². The second kappa shape index (κ2) is 12.1. The number of likely N-dealkylation sites (N-methyl/N-ethyl adjacent to an activating group) is 1. The van der Waals surface area contributed by atoms with E-state index in [1.54, 1.807) is 7.11 Å². The van der Waals surface area contributed by atoms with Crippen LogP contribution in [0.5, 0.6) is 0 Å². The molecule has 1 saturated heterocycles. The number of fused-ring (bicyclic) bond motifs is 1. The number of carbonyl (C=O) groups excluding carboxylic acids is 1. The fraction of sp³-hybridized carbons (Fsp3) is 0.679. The van der Waals surface area contributed by atoms with E-state index in [1.807, 2.05) is 18.9 Å². The van der Waals surface area contributed by atoms with Crippen LogP contribution in [0.15, 0.2) is 28.7 Å². The standard InChI is InChI=1S/C28H45N3O3/c1-7-8-14-25(24-13-11-12-22-18-21(4)34-26(22)24)28(33-6)15-9-10-16-31(28)27(32)30-23(19-29-5)17-20(2)3/h11-13,18,20,23,25,29H,7-10,14-17,19H2,1-6H3,(H,30,32)/t23-,25?,28?/m0/s1. The van der Waals surface area contributed by atoms with Gasteiger partial charge in [-0.25, -0.2) is 4.79 Å². The lowest BCUT2D eigenvalue weighted by Gasteiger charge is -2.50. The Morgan fingerprint density at radius 3 is 2.76 bits per heavy atom. The van der Waals surface area contributed by atoms with Crippen molar-refractivity contribution in [1.29, 1.82) is 0 Å². The molecule has 2 N–H and O–H groups in total. The second-order valence-corrected chi connectivity index (χ2v) is 10.3. The SMILES string of the molecule is CCCCC(c1cccc2cc(C)oc12)C1(OC)CCCCN1C(=O)N[C@H](CNC)CC(C)C. The van der Waals surface area contributed by atoms with Crippen LogP contribution in [0.3, 0.4) is 0 Å². The molecule has 0 radical (unpaired) electrons. The molecular formula is C28H45N3O3. The predicted molar refractivity (Wildman–Crippen MR) is 139 cm³/mol. The number of para-hydroxylation sites is 1. The van der Waals surface area contributed by atoms with Crippen LogP contribution in [0.1, 0.15) is 83.0 Å². The number of furan rings is 1. The topological polar surface area (TPSA) is 66.7 Å². The molecule has 190 valence electrons. The number of benzene rings is 1. The highest BCUT2D eigenvalue weighted by Crippen LogP contribution is 2.46. The normalized spacial score (nSPS) is 20.6. The first-order valence-corrected chi connectivity index (χ1v) is 13.1. The zero-order chi connectivity index (χ0) is 24.7. The van der Waals surface area contributed by atoms with E-state index in [4.69, 9.17) is 9.15 Å². The molecule has 3 atom stereocenters. The zero-order valence-electron chi connectivity index (χ0n) is 22.1. The third-order valence-electron chi connectivity index (χ3n) is 7.22. The number of urea groups is 1. The Kier molecular flexibility index (Phi) is 9.43. The van der Waals surface area contributed by atoms with Gasteiger partial charge in [-0.05, 0) is 58.1 Å². The number of methoxy groups -OCH3 is 1. The molecule has 0 bridgehead atoms. The van der Waals surface area contributed by atoms with Gasteiger partial charge in [-0.15, -0.1) is 0 Å². The monoisotopic (exact) mass is 471 g/mol. The van der Waals surface area contributed by atoms with E-state index >= 15 is 0 Å². The van der Waals surface area contributed by atoms with Crippen molar-refractivity contribution in [3.8, 4) is 0 Å². The van der Waals surface area contributed by atoms with Gasteiger partial charge < -0.3 is 19.8 Å². The lowest BCUT2D eigenvalue weighted by molar-refractivity contribution is -0.152. The van der Waals surface area contributed by atoms with Crippen molar-refractivity contribution in [3.63, 3.8) is 0 Å². The van der Waals surface area contributed by atoms with Crippen LogP contribution in [0, 0.1) is 12.8 Å². The number of amides is 2. The third kappa shape index (κ3) is 5.77. The number of nitrogens with one attached hydrogen (secondary N) is 2. The summed E-state index contributed by atoms with van der Waals surface area (Å²) in [5.41, 5.74) is 1.37. The van der Waals surface area contributed by atoms with Crippen LogP contribution in [0.25, 0.3) is 11.0 Å². The van der Waals surface area contributed by atoms with Gasteiger partial charge in [0.1, 0.15) is 11.3 Å². The number of carbonyl (C=O) groups is 1. The maximum atomic E-state index is 13.8. The number of likely N-dealkylation sites (tertiary alicyclic amines) is 1. The highest BCUT2D eigenvalue weighted by atomic mass is 16.5. The minimum Gasteiger partial charge on any atom is -0.461 e. The number of piperidine rings is 1. The van der Waals surface area contributed by atoms with Gasteiger partial charge in [0.25, 0.3) is 0 Å². The van der Waals surface area contributed by atoms with Crippen molar-refractivity contribution >= 4 is 17.0 Å². The van der Waals surface area contributed by atoms with Crippen molar-refractivity contribution < 1.29 is 13.9 Å². The van der Waals surface area contributed by atoms with E-state index in [1.165, 1.54) is 0 Å². The fourth-order valence-corrected chi connectivity index (χ4v) is 5.75. The molecule has 0 saturated carbocycles. The van der Waals surface area contributed by atoms with Crippen molar-refractivity contribution in [2.45, 2.75) is 90.3 Å². The van der Waals surface area contributed by atoms with Gasteiger partial charge in [0.15, 0.2) is 5.72 Å². The molecule has 3 rings (SSSR count). The summed E-state index contributed by atoms with van der Waals surface area (Å²) in [6.07, 6.45) is 6.89. The van der Waals surface area contributed by atoms with Crippen LogP contribution in [0.2, 0.25) is 0 Å². The molecule has 6 heteroatoms. The van der Waals surface area contributed by atoms with E-state index < -0.39 is 5.72 Å². The Balaban J connectivity index is 2.02. The Bertz CT molecular complexity index is 925. The molecule has 1 aromatic heterocycles. The molecule has 1 aliphatic heterocycles. The molecule has 2 unspecified atom stereocenters. The first kappa shape index (κ1) is 26.6. The largest absolute Gasteiger partial charge is 0.461 e. The number of hydrogen-bond donors (Lipinski definition) is 2. The maximum Gasteiger partial charge on any atom is 0.319 e. The predicted octanol–water partition coefficient (Wildman–Crippen LogP) is 6.19. The van der Waals surface area contributed by atoms with Crippen molar-refractivity contribution in [2.75, 3.05) is 27.2 Å². The lowest BCUT2D eigenvalue weighted by atomic mass is 9.78. The summed E-state index contributed by atoms with van der Waals surface area (Å²) in [7, 11) is 3.71. The summed E-state index contributed by atoms with van der Waals surface area (Å²) in [4.78, 5) is 15.8. The van der Waals surface area contributed by atoms with E-state index in [9.17, 15) is 4.79 Å². The van der Waals surface area contributed by atoms with E-state index in [0.29, 0.717) is 12.5 Å². The van der Waals surface area contributed by atoms with E-state index in [0.717, 1.165) is 73.8 Å². The molecule has 2 aromatic rings. The van der Waals surface area contributed by atoms with E-state index in [2.05, 4.69) is 55.7 Å². The molecule has 2 heterocycles. The number of nitrogens with zero attached hydrogens (tertiary/aromatic N) is 1. The number of ether oxygens (including phenoxy) is 1. The third-order valence-corrected chi connectivity index (χ3v) is 7.22. The molecule has 2 amide bonds. The summed E-state index contributed by atoms with van der Waals surface area (Å²) >= 11 is 0. The minimum atomic E-state index is -0.700. The summed E-state index contributed by atoms with van der Waals surface area (Å²) in [5, 5.41) is 7.68. The van der Waals surface area contributed by atoms with Crippen LogP contribution < -0.4 is 10.6 Å². The highest BCUT2D eigenvalue weighted by Gasteiger charge is 2.49. The fourth-order valence-electron chi connectivity index (χ4n) is 5.75. The number of unbranched alkanes of at least 4 members (excludes halogenated alkanes) is 1. The molecule has 0 spiro atoms. The van der Waals surface area contributed by atoms with Gasteiger partial charge in [-0.3, -0.25) is 4.90 Å². The van der Waals surface area contributed by atoms with Crippen LogP contribution >= 0.6 is 0 Å². The van der Waals surface area contributed by atoms with Crippen molar-refractivity contribution in [3.05, 3.63) is 35.6 Å². The Morgan fingerprint density at radius 2 is 2.09 bits per heavy atom. The molecule has 6 nitrogen and oxygen atoms in total. The average Bonchev–Trinajstić information content (AvgIpc) is 3.20.